The molecular formula is C13H16BrN3O2. The third-order valence-corrected chi connectivity index (χ3v) is 3.79. The van der Waals surface area contributed by atoms with Gasteiger partial charge in [-0.05, 0) is 28.1 Å². The minimum Gasteiger partial charge on any atom is -0.390 e. The lowest BCUT2D eigenvalue weighted by molar-refractivity contribution is -0.0000387. The topological polar surface area (TPSA) is 47.0 Å². The molecule has 0 aromatic carbocycles. The second kappa shape index (κ2) is 5.98. The van der Waals surface area contributed by atoms with Crippen LogP contribution in [0.1, 0.15) is 12.1 Å². The average Bonchev–Trinajstić information content (AvgIpc) is 2.89. The van der Waals surface area contributed by atoms with Gasteiger partial charge >= 0.3 is 0 Å². The summed E-state index contributed by atoms with van der Waals surface area (Å²) in [6.07, 6.45) is 2.75. The first-order chi connectivity index (χ1) is 9.31. The molecule has 0 amide bonds. The zero-order valence-electron chi connectivity index (χ0n) is 10.6. The number of oxime groups is 1. The Bertz CT molecular complexity index is 457. The summed E-state index contributed by atoms with van der Waals surface area (Å²) < 4.78 is 6.31. The van der Waals surface area contributed by atoms with Crippen molar-refractivity contribution in [3.05, 3.63) is 28.5 Å². The van der Waals surface area contributed by atoms with Gasteiger partial charge in [0, 0.05) is 36.7 Å². The van der Waals surface area contributed by atoms with Crippen LogP contribution in [0.4, 0.5) is 0 Å². The number of hydrogen-bond acceptors (Lipinski definition) is 5. The highest BCUT2D eigenvalue weighted by Crippen LogP contribution is 2.18. The number of rotatable bonds is 3. The van der Waals surface area contributed by atoms with Crippen LogP contribution in [0.25, 0.3) is 0 Å². The van der Waals surface area contributed by atoms with Crippen LogP contribution in [0.3, 0.4) is 0 Å². The van der Waals surface area contributed by atoms with Gasteiger partial charge in [0.25, 0.3) is 0 Å². The predicted molar refractivity (Wildman–Crippen MR) is 75.2 cm³/mol. The second-order valence-corrected chi connectivity index (χ2v) is 5.66. The molecule has 3 rings (SSSR count). The summed E-state index contributed by atoms with van der Waals surface area (Å²) in [6, 6.07) is 3.93. The van der Waals surface area contributed by atoms with Gasteiger partial charge in [0.05, 0.1) is 18.9 Å². The molecular weight excluding hydrogens is 310 g/mol. The van der Waals surface area contributed by atoms with E-state index in [1.807, 2.05) is 12.1 Å². The van der Waals surface area contributed by atoms with Crippen molar-refractivity contribution in [3.63, 3.8) is 0 Å². The van der Waals surface area contributed by atoms with Gasteiger partial charge in [-0.1, -0.05) is 5.16 Å². The van der Waals surface area contributed by atoms with E-state index in [4.69, 9.17) is 9.57 Å². The standard InChI is InChI=1S/C13H16BrN3O2/c14-10-1-2-12(15-8-10)13-7-11(19-16-13)9-17-3-5-18-6-4-17/h1-2,8,11H,3-7,9H2/t11-/m0/s1. The number of pyridine rings is 1. The monoisotopic (exact) mass is 325 g/mol. The van der Waals surface area contributed by atoms with Crippen LogP contribution >= 0.6 is 15.9 Å². The van der Waals surface area contributed by atoms with Gasteiger partial charge in [-0.25, -0.2) is 0 Å². The van der Waals surface area contributed by atoms with E-state index in [0.717, 1.165) is 55.1 Å². The second-order valence-electron chi connectivity index (χ2n) is 4.74. The minimum atomic E-state index is 0.138. The van der Waals surface area contributed by atoms with Gasteiger partial charge in [0.15, 0.2) is 0 Å². The third-order valence-electron chi connectivity index (χ3n) is 3.32. The van der Waals surface area contributed by atoms with Crippen LogP contribution < -0.4 is 0 Å². The minimum absolute atomic E-state index is 0.138. The number of nitrogens with zero attached hydrogens (tertiary/aromatic N) is 3. The number of halogens is 1. The molecule has 0 aliphatic carbocycles. The van der Waals surface area contributed by atoms with Crippen molar-refractivity contribution in [3.8, 4) is 0 Å². The molecule has 2 aliphatic rings. The molecule has 5 nitrogen and oxygen atoms in total. The molecule has 0 radical (unpaired) electrons. The summed E-state index contributed by atoms with van der Waals surface area (Å²) >= 11 is 3.38. The van der Waals surface area contributed by atoms with E-state index in [0.29, 0.717) is 0 Å². The summed E-state index contributed by atoms with van der Waals surface area (Å²) in [4.78, 5) is 12.2. The Balaban J connectivity index is 1.55. The molecule has 1 saturated heterocycles. The van der Waals surface area contributed by atoms with Crippen LogP contribution in [-0.2, 0) is 9.57 Å². The van der Waals surface area contributed by atoms with Crippen LogP contribution in [0.2, 0.25) is 0 Å². The molecule has 0 N–H and O–H groups in total. The lowest BCUT2D eigenvalue weighted by atomic mass is 10.1. The fraction of sp³-hybridized carbons (Fsp3) is 0.538. The molecule has 102 valence electrons. The molecule has 19 heavy (non-hydrogen) atoms. The fourth-order valence-electron chi connectivity index (χ4n) is 2.30. The van der Waals surface area contributed by atoms with Crippen molar-refractivity contribution in [2.24, 2.45) is 5.16 Å². The van der Waals surface area contributed by atoms with E-state index in [1.165, 1.54) is 0 Å². The summed E-state index contributed by atoms with van der Waals surface area (Å²) in [5.74, 6) is 0. The Morgan fingerprint density at radius 2 is 2.16 bits per heavy atom. The number of hydrogen-bond donors (Lipinski definition) is 0. The van der Waals surface area contributed by atoms with Crippen molar-refractivity contribution >= 4 is 21.6 Å². The van der Waals surface area contributed by atoms with E-state index in [2.05, 4.69) is 31.0 Å². The molecule has 6 heteroatoms. The van der Waals surface area contributed by atoms with Gasteiger partial charge in [-0.15, -0.1) is 0 Å². The van der Waals surface area contributed by atoms with Crippen LogP contribution in [0.5, 0.6) is 0 Å². The first kappa shape index (κ1) is 13.0. The van der Waals surface area contributed by atoms with Gasteiger partial charge in [0.2, 0.25) is 0 Å². The number of aromatic nitrogens is 1. The quantitative estimate of drug-likeness (QED) is 0.848. The van der Waals surface area contributed by atoms with E-state index in [1.54, 1.807) is 6.20 Å². The van der Waals surface area contributed by atoms with Crippen molar-refractivity contribution in [1.29, 1.82) is 0 Å². The van der Waals surface area contributed by atoms with Crippen LogP contribution in [0.15, 0.2) is 28.0 Å². The van der Waals surface area contributed by atoms with Crippen LogP contribution in [-0.4, -0.2) is 54.5 Å². The normalized spacial score (nSPS) is 24.1. The number of ether oxygens (including phenoxy) is 1. The van der Waals surface area contributed by atoms with E-state index < -0.39 is 0 Å². The highest BCUT2D eigenvalue weighted by atomic mass is 79.9. The highest BCUT2D eigenvalue weighted by Gasteiger charge is 2.25. The zero-order valence-corrected chi connectivity index (χ0v) is 12.2. The van der Waals surface area contributed by atoms with Crippen molar-refractivity contribution < 1.29 is 9.57 Å². The van der Waals surface area contributed by atoms with Gasteiger partial charge < -0.3 is 9.57 Å². The maximum atomic E-state index is 5.51. The highest BCUT2D eigenvalue weighted by molar-refractivity contribution is 9.10. The van der Waals surface area contributed by atoms with E-state index in [-0.39, 0.29) is 6.10 Å². The molecule has 0 bridgehead atoms. The SMILES string of the molecule is Brc1ccc(C2=NO[C@H](CN3CCOCC3)C2)nc1. The summed E-state index contributed by atoms with van der Waals surface area (Å²) in [7, 11) is 0. The van der Waals surface area contributed by atoms with Crippen molar-refractivity contribution in [2.45, 2.75) is 12.5 Å². The molecule has 0 unspecified atom stereocenters. The largest absolute Gasteiger partial charge is 0.390 e. The van der Waals surface area contributed by atoms with Crippen molar-refractivity contribution in [2.75, 3.05) is 32.8 Å². The molecule has 3 heterocycles. The van der Waals surface area contributed by atoms with E-state index >= 15 is 0 Å². The van der Waals surface area contributed by atoms with E-state index in [9.17, 15) is 0 Å². The summed E-state index contributed by atoms with van der Waals surface area (Å²) in [5, 5.41) is 4.16. The Hall–Kier alpha value is -0.980. The molecule has 1 aromatic heterocycles. The van der Waals surface area contributed by atoms with Gasteiger partial charge in [0.1, 0.15) is 11.8 Å². The number of morpholine rings is 1. The summed E-state index contributed by atoms with van der Waals surface area (Å²) in [6.45, 7) is 4.49. The maximum absolute atomic E-state index is 5.51. The van der Waals surface area contributed by atoms with Gasteiger partial charge in [-0.2, -0.15) is 0 Å². The molecule has 1 aromatic rings. The molecule has 1 atom stereocenters. The smallest absolute Gasteiger partial charge is 0.145 e. The Labute approximate surface area is 120 Å². The Kier molecular flexibility index (Phi) is 4.10. The Morgan fingerprint density at radius 3 is 2.89 bits per heavy atom. The Morgan fingerprint density at radius 1 is 1.32 bits per heavy atom. The molecule has 0 saturated carbocycles. The van der Waals surface area contributed by atoms with Gasteiger partial charge in [-0.3, -0.25) is 9.88 Å². The van der Waals surface area contributed by atoms with Crippen LogP contribution in [0, 0.1) is 0 Å². The third kappa shape index (κ3) is 3.32. The maximum Gasteiger partial charge on any atom is 0.145 e. The summed E-state index contributed by atoms with van der Waals surface area (Å²) in [5.41, 5.74) is 1.83. The molecule has 2 aliphatic heterocycles. The first-order valence-electron chi connectivity index (χ1n) is 6.46. The molecule has 1 fully saturated rings. The predicted octanol–water partition coefficient (Wildman–Crippen LogP) is 1.67. The lowest BCUT2D eigenvalue weighted by Gasteiger charge is -2.27. The lowest BCUT2D eigenvalue weighted by Crippen LogP contribution is -2.41. The average molecular weight is 326 g/mol. The molecule has 0 spiro atoms. The first-order valence-corrected chi connectivity index (χ1v) is 7.25. The van der Waals surface area contributed by atoms with Crippen molar-refractivity contribution in [1.82, 2.24) is 9.88 Å². The zero-order chi connectivity index (χ0) is 13.1. The fourth-order valence-corrected chi connectivity index (χ4v) is 2.53.